The molecule has 0 aromatic heterocycles. The van der Waals surface area contributed by atoms with Gasteiger partial charge in [0.25, 0.3) is 0 Å². The Morgan fingerprint density at radius 1 is 1.06 bits per heavy atom. The molecule has 4 N–H and O–H groups in total. The number of hydrogen-bond donors (Lipinski definition) is 4. The molecule has 32 heavy (non-hydrogen) atoms. The number of carboxylic acid groups (broad SMARTS) is 1. The standard InChI is InChI=1S/C22H22F4N2O4/c1-27-13-5-2-11(3-6-13)15-9-14(29)10-16(19(15)21(31)32)20(30)28-18-7-4-12(8-17(18)23)22(24,25)26/h2-8,14-16,19,27,29H,9-10H2,1H3,(H,28,30)(H,31,32). The average molecular weight is 454 g/mol. The molecule has 10 heteroatoms. The summed E-state index contributed by atoms with van der Waals surface area (Å²) >= 11 is 0. The number of carbonyl (C=O) groups excluding carboxylic acids is 1. The Labute approximate surface area is 181 Å². The Balaban J connectivity index is 1.87. The van der Waals surface area contributed by atoms with Crippen LogP contribution in [0.25, 0.3) is 0 Å². The van der Waals surface area contributed by atoms with Crippen molar-refractivity contribution in [2.45, 2.75) is 31.0 Å². The van der Waals surface area contributed by atoms with Crippen LogP contribution in [0, 0.1) is 17.7 Å². The van der Waals surface area contributed by atoms with Gasteiger partial charge in [-0.2, -0.15) is 13.2 Å². The van der Waals surface area contributed by atoms with Crippen molar-refractivity contribution in [2.24, 2.45) is 11.8 Å². The van der Waals surface area contributed by atoms with Crippen molar-refractivity contribution in [1.82, 2.24) is 0 Å². The van der Waals surface area contributed by atoms with Crippen LogP contribution in [0.4, 0.5) is 28.9 Å². The lowest BCUT2D eigenvalue weighted by Crippen LogP contribution is -2.44. The third kappa shape index (κ3) is 5.01. The van der Waals surface area contributed by atoms with Crippen molar-refractivity contribution in [3.8, 4) is 0 Å². The van der Waals surface area contributed by atoms with E-state index in [9.17, 15) is 37.4 Å². The monoisotopic (exact) mass is 454 g/mol. The minimum Gasteiger partial charge on any atom is -0.481 e. The molecule has 1 aliphatic rings. The normalized spacial score (nSPS) is 23.4. The summed E-state index contributed by atoms with van der Waals surface area (Å²) in [6, 6.07) is 8.54. The molecule has 1 amide bonds. The van der Waals surface area contributed by atoms with Crippen molar-refractivity contribution in [1.29, 1.82) is 0 Å². The number of carbonyl (C=O) groups is 2. The van der Waals surface area contributed by atoms with Gasteiger partial charge in [-0.3, -0.25) is 9.59 Å². The Morgan fingerprint density at radius 2 is 1.72 bits per heavy atom. The quantitative estimate of drug-likeness (QED) is 0.511. The zero-order valence-corrected chi connectivity index (χ0v) is 17.0. The summed E-state index contributed by atoms with van der Waals surface area (Å²) in [6.07, 6.45) is -5.78. The predicted molar refractivity (Wildman–Crippen MR) is 109 cm³/mol. The molecule has 3 rings (SSSR count). The van der Waals surface area contributed by atoms with Crippen LogP contribution in [-0.4, -0.2) is 35.2 Å². The first-order chi connectivity index (χ1) is 15.0. The zero-order chi connectivity index (χ0) is 23.6. The van der Waals surface area contributed by atoms with Gasteiger partial charge >= 0.3 is 12.1 Å². The summed E-state index contributed by atoms with van der Waals surface area (Å²) in [4.78, 5) is 24.9. The van der Waals surface area contributed by atoms with E-state index < -0.39 is 59.0 Å². The average Bonchev–Trinajstić information content (AvgIpc) is 2.73. The second-order valence-electron chi connectivity index (χ2n) is 7.76. The number of benzene rings is 2. The minimum atomic E-state index is -4.75. The molecule has 1 saturated carbocycles. The van der Waals surface area contributed by atoms with Crippen LogP contribution in [0.1, 0.15) is 29.9 Å². The van der Waals surface area contributed by atoms with Crippen LogP contribution >= 0.6 is 0 Å². The maximum absolute atomic E-state index is 14.2. The van der Waals surface area contributed by atoms with Crippen molar-refractivity contribution in [2.75, 3.05) is 17.7 Å². The number of aliphatic carboxylic acids is 1. The molecular formula is C22H22F4N2O4. The van der Waals surface area contributed by atoms with E-state index in [0.717, 1.165) is 11.8 Å². The fourth-order valence-electron chi connectivity index (χ4n) is 4.13. The van der Waals surface area contributed by atoms with Gasteiger partial charge in [-0.15, -0.1) is 0 Å². The van der Waals surface area contributed by atoms with Gasteiger partial charge in [0.1, 0.15) is 5.82 Å². The van der Waals surface area contributed by atoms with Gasteiger partial charge in [0.2, 0.25) is 5.91 Å². The van der Waals surface area contributed by atoms with Crippen molar-refractivity contribution in [3.63, 3.8) is 0 Å². The molecule has 6 nitrogen and oxygen atoms in total. The molecule has 4 unspecified atom stereocenters. The summed E-state index contributed by atoms with van der Waals surface area (Å²) in [6.45, 7) is 0. The molecule has 0 spiro atoms. The first-order valence-corrected chi connectivity index (χ1v) is 9.87. The third-order valence-corrected chi connectivity index (χ3v) is 5.72. The van der Waals surface area contributed by atoms with Crippen LogP contribution < -0.4 is 10.6 Å². The number of rotatable bonds is 5. The van der Waals surface area contributed by atoms with Crippen LogP contribution in [0.15, 0.2) is 42.5 Å². The molecule has 2 aromatic carbocycles. The number of carboxylic acids is 1. The predicted octanol–water partition coefficient (Wildman–Crippen LogP) is 4.08. The number of aliphatic hydroxyl groups is 1. The summed E-state index contributed by atoms with van der Waals surface area (Å²) < 4.78 is 52.4. The largest absolute Gasteiger partial charge is 0.481 e. The number of amides is 1. The molecule has 0 heterocycles. The Morgan fingerprint density at radius 3 is 2.25 bits per heavy atom. The molecule has 4 atom stereocenters. The van der Waals surface area contributed by atoms with E-state index in [-0.39, 0.29) is 18.9 Å². The number of aliphatic hydroxyl groups excluding tert-OH is 1. The lowest BCUT2D eigenvalue weighted by Gasteiger charge is -2.37. The van der Waals surface area contributed by atoms with Gasteiger partial charge in [0, 0.05) is 18.7 Å². The van der Waals surface area contributed by atoms with E-state index in [4.69, 9.17) is 0 Å². The number of anilines is 2. The van der Waals surface area contributed by atoms with Gasteiger partial charge in [-0.25, -0.2) is 4.39 Å². The van der Waals surface area contributed by atoms with Gasteiger partial charge in [-0.05, 0) is 48.7 Å². The van der Waals surface area contributed by atoms with Crippen molar-refractivity contribution < 1.29 is 37.4 Å². The Hall–Kier alpha value is -3.14. The summed E-state index contributed by atoms with van der Waals surface area (Å²) in [5, 5.41) is 25.3. The number of hydrogen-bond acceptors (Lipinski definition) is 4. The highest BCUT2D eigenvalue weighted by molar-refractivity contribution is 5.95. The number of nitrogens with one attached hydrogen (secondary N) is 2. The van der Waals surface area contributed by atoms with Crippen LogP contribution in [0.2, 0.25) is 0 Å². The topological polar surface area (TPSA) is 98.7 Å². The molecule has 0 aliphatic heterocycles. The molecule has 0 bridgehead atoms. The molecule has 1 fully saturated rings. The lowest BCUT2D eigenvalue weighted by atomic mass is 9.68. The van der Waals surface area contributed by atoms with Crippen molar-refractivity contribution >= 4 is 23.3 Å². The van der Waals surface area contributed by atoms with Gasteiger partial charge in [0.15, 0.2) is 0 Å². The van der Waals surface area contributed by atoms with Crippen LogP contribution in [0.3, 0.4) is 0 Å². The van der Waals surface area contributed by atoms with Crippen LogP contribution in [-0.2, 0) is 15.8 Å². The van der Waals surface area contributed by atoms with E-state index in [1.165, 1.54) is 0 Å². The fraction of sp³-hybridized carbons (Fsp3) is 0.364. The first kappa shape index (κ1) is 23.5. The van der Waals surface area contributed by atoms with Crippen LogP contribution in [0.5, 0.6) is 0 Å². The molecule has 0 saturated heterocycles. The summed E-state index contributed by atoms with van der Waals surface area (Å²) in [5.41, 5.74) is -0.297. The van der Waals surface area contributed by atoms with Gasteiger partial charge < -0.3 is 20.8 Å². The van der Waals surface area contributed by atoms with E-state index in [1.807, 2.05) is 0 Å². The lowest BCUT2D eigenvalue weighted by molar-refractivity contribution is -0.150. The Kier molecular flexibility index (Phi) is 6.73. The second-order valence-corrected chi connectivity index (χ2v) is 7.76. The summed E-state index contributed by atoms with van der Waals surface area (Å²) in [5.74, 6) is -6.55. The van der Waals surface area contributed by atoms with E-state index >= 15 is 0 Å². The van der Waals surface area contributed by atoms with E-state index in [0.29, 0.717) is 11.6 Å². The molecule has 172 valence electrons. The minimum absolute atomic E-state index is 0.119. The maximum Gasteiger partial charge on any atom is 0.416 e. The van der Waals surface area contributed by atoms with Gasteiger partial charge in [-0.1, -0.05) is 12.1 Å². The Bertz CT molecular complexity index is 994. The molecule has 0 radical (unpaired) electrons. The van der Waals surface area contributed by atoms with E-state index in [2.05, 4.69) is 10.6 Å². The SMILES string of the molecule is CNc1ccc(C2CC(O)CC(C(=O)Nc3ccc(C(F)(F)F)cc3F)C2C(=O)O)cc1. The smallest absolute Gasteiger partial charge is 0.416 e. The highest BCUT2D eigenvalue weighted by Gasteiger charge is 2.46. The third-order valence-electron chi connectivity index (χ3n) is 5.72. The number of halogens is 4. The zero-order valence-electron chi connectivity index (χ0n) is 17.0. The second kappa shape index (κ2) is 9.15. The molecular weight excluding hydrogens is 432 g/mol. The van der Waals surface area contributed by atoms with E-state index in [1.54, 1.807) is 31.3 Å². The fourth-order valence-corrected chi connectivity index (χ4v) is 4.13. The molecule has 1 aliphatic carbocycles. The first-order valence-electron chi connectivity index (χ1n) is 9.87. The highest BCUT2D eigenvalue weighted by atomic mass is 19.4. The summed E-state index contributed by atoms with van der Waals surface area (Å²) in [7, 11) is 1.72. The number of alkyl halides is 3. The maximum atomic E-state index is 14.2. The molecule has 2 aromatic rings. The van der Waals surface area contributed by atoms with Crippen molar-refractivity contribution in [3.05, 3.63) is 59.4 Å². The highest BCUT2D eigenvalue weighted by Crippen LogP contribution is 2.42. The van der Waals surface area contributed by atoms with Gasteiger partial charge in [0.05, 0.1) is 29.2 Å².